The summed E-state index contributed by atoms with van der Waals surface area (Å²) in [6.45, 7) is 4.77. The lowest BCUT2D eigenvalue weighted by atomic mass is 10.1. The zero-order valence-corrected chi connectivity index (χ0v) is 14.0. The predicted molar refractivity (Wildman–Crippen MR) is 87.9 cm³/mol. The summed E-state index contributed by atoms with van der Waals surface area (Å²) in [4.78, 5) is 12.0. The molecular weight excluding hydrogens is 294 g/mol. The highest BCUT2D eigenvalue weighted by Crippen LogP contribution is 2.16. The van der Waals surface area contributed by atoms with Crippen LogP contribution in [0.5, 0.6) is 11.5 Å². The van der Waals surface area contributed by atoms with Crippen molar-refractivity contribution >= 4 is 5.91 Å². The van der Waals surface area contributed by atoms with Crippen molar-refractivity contribution in [3.63, 3.8) is 0 Å². The van der Waals surface area contributed by atoms with Crippen LogP contribution in [0.1, 0.15) is 17.0 Å². The van der Waals surface area contributed by atoms with Gasteiger partial charge in [0.25, 0.3) is 0 Å². The van der Waals surface area contributed by atoms with Gasteiger partial charge in [0.15, 0.2) is 0 Å². The Morgan fingerprint density at radius 2 is 1.87 bits per heavy atom. The standard InChI is InChI=1S/C17H23N3O3/c1-12-16(13(2)20(3)19-12)11-17(21)18-9-10-23-15-7-5-14(22-4)6-8-15/h5-8H,9-11H2,1-4H3,(H,18,21). The molecule has 0 atom stereocenters. The number of amides is 1. The highest BCUT2D eigenvalue weighted by molar-refractivity contribution is 5.79. The maximum atomic E-state index is 12.0. The molecule has 1 aromatic carbocycles. The Kier molecular flexibility index (Phi) is 5.62. The van der Waals surface area contributed by atoms with E-state index in [4.69, 9.17) is 9.47 Å². The van der Waals surface area contributed by atoms with Crippen LogP contribution in [0, 0.1) is 13.8 Å². The smallest absolute Gasteiger partial charge is 0.224 e. The second kappa shape index (κ2) is 7.67. The van der Waals surface area contributed by atoms with Gasteiger partial charge < -0.3 is 14.8 Å². The van der Waals surface area contributed by atoms with Crippen LogP contribution in [-0.4, -0.2) is 35.9 Å². The zero-order valence-electron chi connectivity index (χ0n) is 14.0. The lowest BCUT2D eigenvalue weighted by Crippen LogP contribution is -2.29. The fourth-order valence-corrected chi connectivity index (χ4v) is 2.33. The van der Waals surface area contributed by atoms with Gasteiger partial charge in [0, 0.05) is 18.3 Å². The van der Waals surface area contributed by atoms with Crippen LogP contribution in [0.4, 0.5) is 0 Å². The second-order valence-electron chi connectivity index (χ2n) is 5.32. The summed E-state index contributed by atoms with van der Waals surface area (Å²) in [5.41, 5.74) is 2.91. The molecule has 23 heavy (non-hydrogen) atoms. The minimum atomic E-state index is -0.0254. The Bertz CT molecular complexity index is 662. The molecule has 6 heteroatoms. The molecule has 2 aromatic rings. The summed E-state index contributed by atoms with van der Waals surface area (Å²) < 4.78 is 12.5. The number of rotatable bonds is 7. The van der Waals surface area contributed by atoms with Crippen LogP contribution in [0.2, 0.25) is 0 Å². The van der Waals surface area contributed by atoms with Crippen LogP contribution >= 0.6 is 0 Å². The van der Waals surface area contributed by atoms with Crippen molar-refractivity contribution < 1.29 is 14.3 Å². The first kappa shape index (κ1) is 16.9. The van der Waals surface area contributed by atoms with Crippen LogP contribution in [0.3, 0.4) is 0 Å². The Labute approximate surface area is 136 Å². The Hall–Kier alpha value is -2.50. The van der Waals surface area contributed by atoms with Gasteiger partial charge in [-0.3, -0.25) is 9.48 Å². The van der Waals surface area contributed by atoms with E-state index in [1.807, 2.05) is 45.2 Å². The summed E-state index contributed by atoms with van der Waals surface area (Å²) in [5.74, 6) is 1.51. The fraction of sp³-hybridized carbons (Fsp3) is 0.412. The molecule has 0 spiro atoms. The van der Waals surface area contributed by atoms with Gasteiger partial charge in [-0.2, -0.15) is 5.10 Å². The molecule has 0 radical (unpaired) electrons. The van der Waals surface area contributed by atoms with Gasteiger partial charge in [0.2, 0.25) is 5.91 Å². The van der Waals surface area contributed by atoms with Crippen LogP contribution in [0.15, 0.2) is 24.3 Å². The Balaban J connectivity index is 1.74. The SMILES string of the molecule is COc1ccc(OCCNC(=O)Cc2c(C)nn(C)c2C)cc1. The lowest BCUT2D eigenvalue weighted by molar-refractivity contribution is -0.120. The summed E-state index contributed by atoms with van der Waals surface area (Å²) >= 11 is 0. The number of aromatic nitrogens is 2. The van der Waals surface area contributed by atoms with Crippen molar-refractivity contribution in [2.75, 3.05) is 20.3 Å². The minimum absolute atomic E-state index is 0.0254. The van der Waals surface area contributed by atoms with Crippen molar-refractivity contribution in [2.45, 2.75) is 20.3 Å². The molecule has 1 amide bonds. The number of carbonyl (C=O) groups is 1. The lowest BCUT2D eigenvalue weighted by Gasteiger charge is -2.08. The van der Waals surface area contributed by atoms with Crippen LogP contribution in [-0.2, 0) is 18.3 Å². The Morgan fingerprint density at radius 1 is 1.22 bits per heavy atom. The van der Waals surface area contributed by atoms with Gasteiger partial charge in [0.05, 0.1) is 25.8 Å². The molecule has 0 aliphatic carbocycles. The van der Waals surface area contributed by atoms with Gasteiger partial charge in [-0.05, 0) is 38.1 Å². The Morgan fingerprint density at radius 3 is 2.43 bits per heavy atom. The van der Waals surface area contributed by atoms with Crippen molar-refractivity contribution in [2.24, 2.45) is 7.05 Å². The van der Waals surface area contributed by atoms with E-state index in [0.29, 0.717) is 19.6 Å². The van der Waals surface area contributed by atoms with Crippen molar-refractivity contribution in [3.8, 4) is 11.5 Å². The number of hydrogen-bond acceptors (Lipinski definition) is 4. The third-order valence-corrected chi connectivity index (χ3v) is 3.75. The maximum Gasteiger partial charge on any atom is 0.224 e. The molecule has 6 nitrogen and oxygen atoms in total. The molecule has 0 aliphatic heterocycles. The largest absolute Gasteiger partial charge is 0.497 e. The number of aryl methyl sites for hydroxylation is 2. The van der Waals surface area contributed by atoms with E-state index in [9.17, 15) is 4.79 Å². The summed E-state index contributed by atoms with van der Waals surface area (Å²) in [6, 6.07) is 7.34. The average molecular weight is 317 g/mol. The quantitative estimate of drug-likeness (QED) is 0.791. The molecule has 0 saturated carbocycles. The topological polar surface area (TPSA) is 65.4 Å². The van der Waals surface area contributed by atoms with Gasteiger partial charge in [-0.1, -0.05) is 0 Å². The van der Waals surface area contributed by atoms with Gasteiger partial charge >= 0.3 is 0 Å². The van der Waals surface area contributed by atoms with E-state index in [1.54, 1.807) is 11.8 Å². The first-order valence-electron chi connectivity index (χ1n) is 7.54. The third-order valence-electron chi connectivity index (χ3n) is 3.75. The van der Waals surface area contributed by atoms with E-state index < -0.39 is 0 Å². The van der Waals surface area contributed by atoms with Gasteiger partial charge in [-0.15, -0.1) is 0 Å². The average Bonchev–Trinajstić information content (AvgIpc) is 2.78. The molecule has 0 aliphatic rings. The molecular formula is C17H23N3O3. The molecule has 1 heterocycles. The van der Waals surface area contributed by atoms with Crippen molar-refractivity contribution in [1.29, 1.82) is 0 Å². The van der Waals surface area contributed by atoms with Crippen molar-refractivity contribution in [3.05, 3.63) is 41.2 Å². The number of nitrogens with zero attached hydrogens (tertiary/aromatic N) is 2. The first-order chi connectivity index (χ1) is 11.0. The van der Waals surface area contributed by atoms with Crippen LogP contribution < -0.4 is 14.8 Å². The molecule has 124 valence electrons. The third kappa shape index (κ3) is 4.48. The summed E-state index contributed by atoms with van der Waals surface area (Å²) in [5, 5.41) is 7.18. The summed E-state index contributed by atoms with van der Waals surface area (Å²) in [7, 11) is 3.50. The molecule has 1 aromatic heterocycles. The summed E-state index contributed by atoms with van der Waals surface area (Å²) in [6.07, 6.45) is 0.341. The number of methoxy groups -OCH3 is 1. The number of nitrogens with one attached hydrogen (secondary N) is 1. The van der Waals surface area contributed by atoms with E-state index in [-0.39, 0.29) is 5.91 Å². The molecule has 1 N–H and O–H groups in total. The molecule has 0 unspecified atom stereocenters. The predicted octanol–water partition coefficient (Wildman–Crippen LogP) is 1.78. The fourth-order valence-electron chi connectivity index (χ4n) is 2.33. The van der Waals surface area contributed by atoms with E-state index in [2.05, 4.69) is 10.4 Å². The normalized spacial score (nSPS) is 10.4. The minimum Gasteiger partial charge on any atom is -0.497 e. The van der Waals surface area contributed by atoms with Gasteiger partial charge in [0.1, 0.15) is 18.1 Å². The molecule has 2 rings (SSSR count). The number of ether oxygens (including phenoxy) is 2. The van der Waals surface area contributed by atoms with E-state index in [1.165, 1.54) is 0 Å². The molecule has 0 fully saturated rings. The zero-order chi connectivity index (χ0) is 16.8. The van der Waals surface area contributed by atoms with Crippen LogP contribution in [0.25, 0.3) is 0 Å². The number of carbonyl (C=O) groups excluding carboxylic acids is 1. The number of benzene rings is 1. The highest BCUT2D eigenvalue weighted by atomic mass is 16.5. The van der Waals surface area contributed by atoms with Crippen molar-refractivity contribution in [1.82, 2.24) is 15.1 Å². The molecule has 0 saturated heterocycles. The maximum absolute atomic E-state index is 12.0. The monoisotopic (exact) mass is 317 g/mol. The molecule has 0 bridgehead atoms. The van der Waals surface area contributed by atoms with E-state index >= 15 is 0 Å². The van der Waals surface area contributed by atoms with Gasteiger partial charge in [-0.25, -0.2) is 0 Å². The van der Waals surface area contributed by atoms with E-state index in [0.717, 1.165) is 28.5 Å². The second-order valence-corrected chi connectivity index (χ2v) is 5.32. The number of hydrogen-bond donors (Lipinski definition) is 1. The first-order valence-corrected chi connectivity index (χ1v) is 7.54. The highest BCUT2D eigenvalue weighted by Gasteiger charge is 2.13.